The Bertz CT molecular complexity index is 546. The van der Waals surface area contributed by atoms with Gasteiger partial charge in [-0.3, -0.25) is 0 Å². The highest BCUT2D eigenvalue weighted by Crippen LogP contribution is 2.26. The SMILES string of the molecule is CCC1CCN(S(=O)(=O)c2cccc(C(C)O)c2)CC1. The van der Waals surface area contributed by atoms with Crippen molar-refractivity contribution in [3.63, 3.8) is 0 Å². The van der Waals surface area contributed by atoms with Crippen molar-refractivity contribution >= 4 is 10.0 Å². The van der Waals surface area contributed by atoms with Gasteiger partial charge in [0.15, 0.2) is 0 Å². The zero-order valence-electron chi connectivity index (χ0n) is 12.1. The van der Waals surface area contributed by atoms with Gasteiger partial charge in [0.2, 0.25) is 10.0 Å². The van der Waals surface area contributed by atoms with Crippen LogP contribution in [0.5, 0.6) is 0 Å². The number of hydrogen-bond acceptors (Lipinski definition) is 3. The zero-order valence-corrected chi connectivity index (χ0v) is 12.9. The average Bonchev–Trinajstić information content (AvgIpc) is 2.47. The van der Waals surface area contributed by atoms with E-state index in [1.807, 2.05) is 0 Å². The van der Waals surface area contributed by atoms with Gasteiger partial charge in [0.05, 0.1) is 11.0 Å². The molecule has 20 heavy (non-hydrogen) atoms. The van der Waals surface area contributed by atoms with Crippen LogP contribution in [0.4, 0.5) is 0 Å². The molecule has 0 amide bonds. The van der Waals surface area contributed by atoms with Crippen LogP contribution in [0.15, 0.2) is 29.2 Å². The molecule has 1 aromatic rings. The third kappa shape index (κ3) is 3.22. The second-order valence-electron chi connectivity index (χ2n) is 5.50. The van der Waals surface area contributed by atoms with E-state index in [0.717, 1.165) is 19.3 Å². The van der Waals surface area contributed by atoms with E-state index in [0.29, 0.717) is 24.6 Å². The van der Waals surface area contributed by atoms with Gasteiger partial charge in [-0.2, -0.15) is 4.31 Å². The minimum atomic E-state index is -3.43. The first kappa shape index (κ1) is 15.5. The average molecular weight is 297 g/mol. The summed E-state index contributed by atoms with van der Waals surface area (Å²) in [7, 11) is -3.43. The summed E-state index contributed by atoms with van der Waals surface area (Å²) >= 11 is 0. The smallest absolute Gasteiger partial charge is 0.243 e. The van der Waals surface area contributed by atoms with Gasteiger partial charge in [0.25, 0.3) is 0 Å². The summed E-state index contributed by atoms with van der Waals surface area (Å²) in [5.74, 6) is 0.644. The molecule has 1 aliphatic heterocycles. The Balaban J connectivity index is 2.20. The molecule has 1 heterocycles. The molecule has 1 atom stereocenters. The van der Waals surface area contributed by atoms with E-state index in [1.54, 1.807) is 35.5 Å². The molecule has 112 valence electrons. The fourth-order valence-electron chi connectivity index (χ4n) is 2.64. The predicted molar refractivity (Wildman–Crippen MR) is 78.8 cm³/mol. The monoisotopic (exact) mass is 297 g/mol. The molecular weight excluding hydrogens is 274 g/mol. The molecule has 1 N–H and O–H groups in total. The molecule has 2 rings (SSSR count). The summed E-state index contributed by atoms with van der Waals surface area (Å²) < 4.78 is 26.8. The molecule has 0 saturated carbocycles. The number of aliphatic hydroxyl groups excluding tert-OH is 1. The summed E-state index contributed by atoms with van der Waals surface area (Å²) in [5.41, 5.74) is 0.634. The largest absolute Gasteiger partial charge is 0.389 e. The number of sulfonamides is 1. The summed E-state index contributed by atoms with van der Waals surface area (Å²) in [6.07, 6.45) is 2.33. The lowest BCUT2D eigenvalue weighted by Gasteiger charge is -2.30. The van der Waals surface area contributed by atoms with Crippen molar-refractivity contribution in [2.45, 2.75) is 44.1 Å². The molecule has 1 unspecified atom stereocenters. The first-order valence-electron chi connectivity index (χ1n) is 7.23. The topological polar surface area (TPSA) is 57.6 Å². The fraction of sp³-hybridized carbons (Fsp3) is 0.600. The van der Waals surface area contributed by atoms with Gasteiger partial charge in [0.1, 0.15) is 0 Å². The zero-order chi connectivity index (χ0) is 14.8. The maximum atomic E-state index is 12.6. The number of piperidine rings is 1. The van der Waals surface area contributed by atoms with Crippen molar-refractivity contribution in [1.29, 1.82) is 0 Å². The third-order valence-corrected chi connectivity index (χ3v) is 6.02. The van der Waals surface area contributed by atoms with E-state index in [2.05, 4.69) is 6.92 Å². The molecule has 0 aliphatic carbocycles. The summed E-state index contributed by atoms with van der Waals surface area (Å²) in [5, 5.41) is 9.58. The first-order chi connectivity index (χ1) is 9.45. The molecule has 4 nitrogen and oxygen atoms in total. The maximum Gasteiger partial charge on any atom is 0.243 e. The molecule has 5 heteroatoms. The molecular formula is C15H23NO3S. The fourth-order valence-corrected chi connectivity index (χ4v) is 4.17. The van der Waals surface area contributed by atoms with Crippen LogP contribution in [0, 0.1) is 5.92 Å². The van der Waals surface area contributed by atoms with E-state index in [9.17, 15) is 13.5 Å². The lowest BCUT2D eigenvalue weighted by molar-refractivity contribution is 0.199. The van der Waals surface area contributed by atoms with E-state index in [-0.39, 0.29) is 4.90 Å². The Morgan fingerprint density at radius 1 is 1.35 bits per heavy atom. The Kier molecular flexibility index (Phi) is 4.83. The van der Waals surface area contributed by atoms with E-state index >= 15 is 0 Å². The normalized spacial score (nSPS) is 19.9. The first-order valence-corrected chi connectivity index (χ1v) is 8.67. The molecule has 0 aromatic heterocycles. The van der Waals surface area contributed by atoms with Crippen molar-refractivity contribution < 1.29 is 13.5 Å². The van der Waals surface area contributed by atoms with Crippen molar-refractivity contribution in [2.24, 2.45) is 5.92 Å². The van der Waals surface area contributed by atoms with Crippen LogP contribution in [0.2, 0.25) is 0 Å². The molecule has 0 radical (unpaired) electrons. The lowest BCUT2D eigenvalue weighted by Crippen LogP contribution is -2.38. The van der Waals surface area contributed by atoms with E-state index in [4.69, 9.17) is 0 Å². The van der Waals surface area contributed by atoms with E-state index in [1.165, 1.54) is 0 Å². The van der Waals surface area contributed by atoms with Gasteiger partial charge in [-0.1, -0.05) is 25.5 Å². The Labute approximate surface area is 121 Å². The van der Waals surface area contributed by atoms with Gasteiger partial charge in [-0.15, -0.1) is 0 Å². The van der Waals surface area contributed by atoms with Gasteiger partial charge >= 0.3 is 0 Å². The van der Waals surface area contributed by atoms with Crippen LogP contribution >= 0.6 is 0 Å². The van der Waals surface area contributed by atoms with Gasteiger partial charge in [-0.05, 0) is 43.4 Å². The minimum Gasteiger partial charge on any atom is -0.389 e. The molecule has 1 fully saturated rings. The summed E-state index contributed by atoms with van der Waals surface area (Å²) in [6.45, 7) is 4.99. The second-order valence-corrected chi connectivity index (χ2v) is 7.44. The number of hydrogen-bond donors (Lipinski definition) is 1. The van der Waals surface area contributed by atoms with Crippen LogP contribution in [0.1, 0.15) is 44.8 Å². The lowest BCUT2D eigenvalue weighted by atomic mass is 9.96. The van der Waals surface area contributed by atoms with Crippen molar-refractivity contribution in [3.8, 4) is 0 Å². The summed E-state index contributed by atoms with van der Waals surface area (Å²) in [4.78, 5) is 0.283. The molecule has 1 saturated heterocycles. The number of benzene rings is 1. The standard InChI is InChI=1S/C15H23NO3S/c1-3-13-7-9-16(10-8-13)20(18,19)15-6-4-5-14(11-15)12(2)17/h4-6,11-13,17H,3,7-10H2,1-2H3. The Morgan fingerprint density at radius 2 is 2.00 bits per heavy atom. The van der Waals surface area contributed by atoms with E-state index < -0.39 is 16.1 Å². The van der Waals surface area contributed by atoms with Crippen LogP contribution in [0.3, 0.4) is 0 Å². The van der Waals surface area contributed by atoms with Crippen LogP contribution < -0.4 is 0 Å². The van der Waals surface area contributed by atoms with Gasteiger partial charge in [-0.25, -0.2) is 8.42 Å². The molecule has 0 spiro atoms. The predicted octanol–water partition coefficient (Wildman–Crippen LogP) is 2.55. The van der Waals surface area contributed by atoms with Gasteiger partial charge in [0, 0.05) is 13.1 Å². The van der Waals surface area contributed by atoms with Crippen molar-refractivity contribution in [2.75, 3.05) is 13.1 Å². The van der Waals surface area contributed by atoms with Crippen molar-refractivity contribution in [1.82, 2.24) is 4.31 Å². The molecule has 0 bridgehead atoms. The van der Waals surface area contributed by atoms with Crippen LogP contribution in [0.25, 0.3) is 0 Å². The van der Waals surface area contributed by atoms with Crippen LogP contribution in [-0.4, -0.2) is 30.9 Å². The summed E-state index contributed by atoms with van der Waals surface area (Å²) in [6, 6.07) is 6.61. The maximum absolute atomic E-state index is 12.6. The molecule has 1 aromatic carbocycles. The third-order valence-electron chi connectivity index (χ3n) is 4.13. The van der Waals surface area contributed by atoms with Gasteiger partial charge < -0.3 is 5.11 Å². The number of rotatable bonds is 4. The Hall–Kier alpha value is -0.910. The highest BCUT2D eigenvalue weighted by Gasteiger charge is 2.28. The van der Waals surface area contributed by atoms with Crippen molar-refractivity contribution in [3.05, 3.63) is 29.8 Å². The number of aliphatic hydroxyl groups is 1. The Morgan fingerprint density at radius 3 is 2.55 bits per heavy atom. The second kappa shape index (κ2) is 6.24. The minimum absolute atomic E-state index is 0.283. The number of nitrogens with zero attached hydrogens (tertiary/aromatic N) is 1. The van der Waals surface area contributed by atoms with Crippen LogP contribution in [-0.2, 0) is 10.0 Å². The molecule has 1 aliphatic rings. The highest BCUT2D eigenvalue weighted by molar-refractivity contribution is 7.89. The highest BCUT2D eigenvalue weighted by atomic mass is 32.2. The quantitative estimate of drug-likeness (QED) is 0.929.